The third kappa shape index (κ3) is 3.83. The average Bonchev–Trinajstić information content (AvgIpc) is 3.21. The predicted molar refractivity (Wildman–Crippen MR) is 95.8 cm³/mol. The molecule has 2 aromatic carbocycles. The molecular weight excluding hydrogens is 340 g/mol. The number of furan rings is 1. The van der Waals surface area contributed by atoms with Crippen LogP contribution in [0.3, 0.4) is 0 Å². The van der Waals surface area contributed by atoms with Crippen LogP contribution in [0, 0.1) is 0 Å². The molecule has 0 aliphatic heterocycles. The molecular formula is C19H20O7. The number of hydrogen-bond acceptors (Lipinski definition) is 6. The molecule has 0 bridgehead atoms. The highest BCUT2D eigenvalue weighted by Crippen LogP contribution is 2.43. The predicted octanol–water partition coefficient (Wildman–Crippen LogP) is 3.85. The van der Waals surface area contributed by atoms with Gasteiger partial charge in [0.25, 0.3) is 0 Å². The molecule has 0 spiro atoms. The lowest BCUT2D eigenvalue weighted by molar-refractivity contribution is 0.0662. The summed E-state index contributed by atoms with van der Waals surface area (Å²) in [7, 11) is 6.50. The number of benzene rings is 2. The SMILES string of the molecule is COc1ccc(OC)c2c(OC)ccc(OC)c12.O=C(O)c1ccco1. The summed E-state index contributed by atoms with van der Waals surface area (Å²) in [5.41, 5.74) is 0. The van der Waals surface area contributed by atoms with Gasteiger partial charge in [-0.05, 0) is 36.4 Å². The van der Waals surface area contributed by atoms with E-state index in [-0.39, 0.29) is 5.76 Å². The fourth-order valence-electron chi connectivity index (χ4n) is 2.45. The average molecular weight is 360 g/mol. The lowest BCUT2D eigenvalue weighted by atomic mass is 10.1. The second-order valence-corrected chi connectivity index (χ2v) is 4.97. The van der Waals surface area contributed by atoms with Crippen LogP contribution in [0.15, 0.2) is 47.1 Å². The van der Waals surface area contributed by atoms with E-state index in [2.05, 4.69) is 4.42 Å². The maximum absolute atomic E-state index is 9.97. The Morgan fingerprint density at radius 2 is 1.15 bits per heavy atom. The lowest BCUT2D eigenvalue weighted by Crippen LogP contribution is -1.95. The van der Waals surface area contributed by atoms with Gasteiger partial charge in [-0.3, -0.25) is 0 Å². The summed E-state index contributed by atoms with van der Waals surface area (Å²) >= 11 is 0. The molecule has 0 aliphatic rings. The molecule has 7 heteroatoms. The van der Waals surface area contributed by atoms with Crippen molar-refractivity contribution in [2.24, 2.45) is 0 Å². The highest BCUT2D eigenvalue weighted by molar-refractivity contribution is 6.02. The Morgan fingerprint density at radius 3 is 1.35 bits per heavy atom. The third-order valence-electron chi connectivity index (χ3n) is 3.62. The van der Waals surface area contributed by atoms with Gasteiger partial charge in [0.15, 0.2) is 0 Å². The van der Waals surface area contributed by atoms with Crippen molar-refractivity contribution in [3.8, 4) is 23.0 Å². The van der Waals surface area contributed by atoms with E-state index in [1.54, 1.807) is 28.4 Å². The quantitative estimate of drug-likeness (QED) is 0.739. The van der Waals surface area contributed by atoms with Crippen molar-refractivity contribution < 1.29 is 33.3 Å². The Balaban J connectivity index is 0.000000254. The lowest BCUT2D eigenvalue weighted by Gasteiger charge is -2.15. The molecule has 0 fully saturated rings. The number of carboxylic acid groups (broad SMARTS) is 1. The molecule has 1 heterocycles. The standard InChI is InChI=1S/C14H16O4.C5H4O3/c1-15-9-5-6-11(17-3)14-12(18-4)8-7-10(16-2)13(9)14;6-5(7)4-2-1-3-8-4/h5-8H,1-4H3;1-3H,(H,6,7). The first-order valence-corrected chi connectivity index (χ1v) is 7.59. The smallest absolute Gasteiger partial charge is 0.371 e. The van der Waals surface area contributed by atoms with Crippen LogP contribution in [-0.2, 0) is 0 Å². The maximum Gasteiger partial charge on any atom is 0.371 e. The summed E-state index contributed by atoms with van der Waals surface area (Å²) < 4.78 is 26.0. The number of rotatable bonds is 5. The highest BCUT2D eigenvalue weighted by Gasteiger charge is 2.16. The van der Waals surface area contributed by atoms with Crippen LogP contribution in [0.1, 0.15) is 10.6 Å². The summed E-state index contributed by atoms with van der Waals surface area (Å²) in [6.07, 6.45) is 1.32. The van der Waals surface area contributed by atoms with Gasteiger partial charge in [0, 0.05) is 0 Å². The number of fused-ring (bicyclic) bond motifs is 1. The van der Waals surface area contributed by atoms with Gasteiger partial charge in [0.05, 0.1) is 45.5 Å². The molecule has 0 atom stereocenters. The van der Waals surface area contributed by atoms with Crippen LogP contribution in [0.5, 0.6) is 23.0 Å². The van der Waals surface area contributed by atoms with E-state index in [0.717, 1.165) is 33.8 Å². The number of methoxy groups -OCH3 is 4. The van der Waals surface area contributed by atoms with Crippen LogP contribution in [0.4, 0.5) is 0 Å². The van der Waals surface area contributed by atoms with Gasteiger partial charge in [-0.2, -0.15) is 0 Å². The molecule has 0 radical (unpaired) electrons. The molecule has 26 heavy (non-hydrogen) atoms. The van der Waals surface area contributed by atoms with E-state index in [4.69, 9.17) is 24.1 Å². The van der Waals surface area contributed by atoms with Crippen molar-refractivity contribution in [1.29, 1.82) is 0 Å². The molecule has 0 aliphatic carbocycles. The van der Waals surface area contributed by atoms with Crippen molar-refractivity contribution >= 4 is 16.7 Å². The minimum atomic E-state index is -1.03. The minimum Gasteiger partial charge on any atom is -0.496 e. The third-order valence-corrected chi connectivity index (χ3v) is 3.62. The van der Waals surface area contributed by atoms with Gasteiger partial charge >= 0.3 is 5.97 Å². The molecule has 0 amide bonds. The fourth-order valence-corrected chi connectivity index (χ4v) is 2.45. The Morgan fingerprint density at radius 1 is 0.769 bits per heavy atom. The monoisotopic (exact) mass is 360 g/mol. The first kappa shape index (κ1) is 19.0. The van der Waals surface area contributed by atoms with E-state index in [0.29, 0.717) is 0 Å². The summed E-state index contributed by atoms with van der Waals surface area (Å²) in [5.74, 6) is 1.84. The zero-order chi connectivity index (χ0) is 19.1. The normalized spacial score (nSPS) is 9.85. The Kier molecular flexibility index (Phi) is 6.32. The number of carbonyl (C=O) groups is 1. The van der Waals surface area contributed by atoms with Gasteiger partial charge < -0.3 is 28.5 Å². The van der Waals surface area contributed by atoms with Crippen molar-refractivity contribution in [3.05, 3.63) is 48.4 Å². The van der Waals surface area contributed by atoms with Crippen molar-refractivity contribution in [2.75, 3.05) is 28.4 Å². The molecule has 3 rings (SSSR count). The van der Waals surface area contributed by atoms with Gasteiger partial charge in [-0.1, -0.05) is 0 Å². The van der Waals surface area contributed by atoms with Crippen LogP contribution < -0.4 is 18.9 Å². The Bertz CT molecular complexity index is 772. The van der Waals surface area contributed by atoms with E-state index in [1.165, 1.54) is 18.4 Å². The maximum atomic E-state index is 9.97. The largest absolute Gasteiger partial charge is 0.496 e. The van der Waals surface area contributed by atoms with Gasteiger partial charge in [0.2, 0.25) is 5.76 Å². The van der Waals surface area contributed by atoms with E-state index in [1.807, 2.05) is 24.3 Å². The minimum absolute atomic E-state index is 0.0231. The molecule has 1 N–H and O–H groups in total. The zero-order valence-corrected chi connectivity index (χ0v) is 14.9. The Hall–Kier alpha value is -3.35. The summed E-state index contributed by atoms with van der Waals surface area (Å²) in [5, 5.41) is 9.87. The van der Waals surface area contributed by atoms with Crippen molar-refractivity contribution in [3.63, 3.8) is 0 Å². The zero-order valence-electron chi connectivity index (χ0n) is 14.9. The van der Waals surface area contributed by atoms with E-state index in [9.17, 15) is 4.79 Å². The second-order valence-electron chi connectivity index (χ2n) is 4.97. The van der Waals surface area contributed by atoms with E-state index >= 15 is 0 Å². The van der Waals surface area contributed by atoms with Crippen LogP contribution in [-0.4, -0.2) is 39.5 Å². The van der Waals surface area contributed by atoms with Crippen LogP contribution in [0.25, 0.3) is 10.8 Å². The van der Waals surface area contributed by atoms with Gasteiger partial charge in [0.1, 0.15) is 23.0 Å². The molecule has 138 valence electrons. The summed E-state index contributed by atoms with van der Waals surface area (Å²) in [6.45, 7) is 0. The van der Waals surface area contributed by atoms with Gasteiger partial charge in [-0.25, -0.2) is 4.79 Å². The fraction of sp³-hybridized carbons (Fsp3) is 0.211. The number of ether oxygens (including phenoxy) is 4. The van der Waals surface area contributed by atoms with Crippen LogP contribution >= 0.6 is 0 Å². The number of carboxylic acids is 1. The molecule has 0 unspecified atom stereocenters. The summed E-state index contributed by atoms with van der Waals surface area (Å²) in [4.78, 5) is 9.97. The topological polar surface area (TPSA) is 87.4 Å². The molecule has 0 saturated heterocycles. The highest BCUT2D eigenvalue weighted by atomic mass is 16.5. The van der Waals surface area contributed by atoms with E-state index < -0.39 is 5.97 Å². The van der Waals surface area contributed by atoms with Crippen molar-refractivity contribution in [1.82, 2.24) is 0 Å². The first-order valence-electron chi connectivity index (χ1n) is 7.59. The number of hydrogen-bond donors (Lipinski definition) is 1. The van der Waals surface area contributed by atoms with Crippen LogP contribution in [0.2, 0.25) is 0 Å². The van der Waals surface area contributed by atoms with Gasteiger partial charge in [-0.15, -0.1) is 0 Å². The molecule has 0 saturated carbocycles. The molecule has 3 aromatic rings. The van der Waals surface area contributed by atoms with Crippen molar-refractivity contribution in [2.45, 2.75) is 0 Å². The molecule has 7 nitrogen and oxygen atoms in total. The second kappa shape index (κ2) is 8.66. The first-order chi connectivity index (χ1) is 12.6. The summed E-state index contributed by atoms with van der Waals surface area (Å²) in [6, 6.07) is 10.3. The number of aromatic carboxylic acids is 1. The Labute approximate surface area is 150 Å². The molecule has 1 aromatic heterocycles.